The van der Waals surface area contributed by atoms with Crippen molar-refractivity contribution in [2.24, 2.45) is 11.8 Å². The first-order valence-electron chi connectivity index (χ1n) is 7.60. The molecule has 0 radical (unpaired) electrons. The Morgan fingerprint density at radius 2 is 1.94 bits per heavy atom. The van der Waals surface area contributed by atoms with Crippen LogP contribution >= 0.6 is 0 Å². The summed E-state index contributed by atoms with van der Waals surface area (Å²) in [6.07, 6.45) is 10.4. The molecule has 1 unspecified atom stereocenters. The number of rotatable bonds is 7. The van der Waals surface area contributed by atoms with E-state index in [9.17, 15) is 4.79 Å². The number of carbonyl (C=O) groups is 1. The van der Waals surface area contributed by atoms with Gasteiger partial charge in [0.1, 0.15) is 0 Å². The van der Waals surface area contributed by atoms with Crippen LogP contribution < -0.4 is 5.32 Å². The number of carbonyl (C=O) groups excluding carboxylic acids is 1. The fourth-order valence-corrected chi connectivity index (χ4v) is 2.67. The van der Waals surface area contributed by atoms with Gasteiger partial charge in [0.2, 0.25) is 5.91 Å². The molecule has 3 nitrogen and oxygen atoms in total. The second-order valence-corrected chi connectivity index (χ2v) is 5.84. The molecule has 1 aliphatic rings. The van der Waals surface area contributed by atoms with Crippen LogP contribution in [0.15, 0.2) is 0 Å². The second kappa shape index (κ2) is 9.37. The highest BCUT2D eigenvalue weighted by Gasteiger charge is 2.15. The Labute approximate surface area is 111 Å². The van der Waals surface area contributed by atoms with Crippen LogP contribution in [0.3, 0.4) is 0 Å². The SMILES string of the molecule is CC(CO)CCCNC(=O)CC1CCCCCC1. The van der Waals surface area contributed by atoms with Crippen molar-refractivity contribution in [1.29, 1.82) is 0 Å². The van der Waals surface area contributed by atoms with Gasteiger partial charge in [-0.25, -0.2) is 0 Å². The van der Waals surface area contributed by atoms with Gasteiger partial charge in [0.25, 0.3) is 0 Å². The van der Waals surface area contributed by atoms with Crippen LogP contribution in [0.2, 0.25) is 0 Å². The van der Waals surface area contributed by atoms with Gasteiger partial charge in [0.15, 0.2) is 0 Å². The van der Waals surface area contributed by atoms with Crippen LogP contribution in [0.5, 0.6) is 0 Å². The fraction of sp³-hybridized carbons (Fsp3) is 0.933. The third-order valence-corrected chi connectivity index (χ3v) is 3.96. The minimum Gasteiger partial charge on any atom is -0.396 e. The zero-order chi connectivity index (χ0) is 13.2. The molecular formula is C15H29NO2. The van der Waals surface area contributed by atoms with Gasteiger partial charge in [-0.05, 0) is 37.5 Å². The third-order valence-electron chi connectivity index (χ3n) is 3.96. The van der Waals surface area contributed by atoms with E-state index in [2.05, 4.69) is 5.32 Å². The van der Waals surface area contributed by atoms with Crippen LogP contribution in [0.1, 0.15) is 64.7 Å². The predicted octanol–water partition coefficient (Wildman–Crippen LogP) is 2.87. The van der Waals surface area contributed by atoms with E-state index in [-0.39, 0.29) is 12.5 Å². The molecule has 0 aliphatic heterocycles. The average molecular weight is 255 g/mol. The van der Waals surface area contributed by atoms with Crippen molar-refractivity contribution in [3.05, 3.63) is 0 Å². The lowest BCUT2D eigenvalue weighted by atomic mass is 9.96. The van der Waals surface area contributed by atoms with Crippen molar-refractivity contribution in [3.63, 3.8) is 0 Å². The lowest BCUT2D eigenvalue weighted by Crippen LogP contribution is -2.26. The van der Waals surface area contributed by atoms with Crippen molar-refractivity contribution in [1.82, 2.24) is 5.32 Å². The smallest absolute Gasteiger partial charge is 0.220 e. The molecule has 0 aromatic rings. The number of nitrogens with one attached hydrogen (secondary N) is 1. The summed E-state index contributed by atoms with van der Waals surface area (Å²) >= 11 is 0. The Kier molecular flexibility index (Phi) is 8.06. The Morgan fingerprint density at radius 1 is 1.28 bits per heavy atom. The quantitative estimate of drug-likeness (QED) is 0.543. The zero-order valence-corrected chi connectivity index (χ0v) is 11.8. The Morgan fingerprint density at radius 3 is 2.56 bits per heavy atom. The van der Waals surface area contributed by atoms with E-state index in [0.29, 0.717) is 11.8 Å². The fourth-order valence-electron chi connectivity index (χ4n) is 2.67. The van der Waals surface area contributed by atoms with Gasteiger partial charge >= 0.3 is 0 Å². The van der Waals surface area contributed by atoms with Crippen molar-refractivity contribution < 1.29 is 9.90 Å². The maximum absolute atomic E-state index is 11.8. The summed E-state index contributed by atoms with van der Waals surface area (Å²) in [6, 6.07) is 0. The van der Waals surface area contributed by atoms with Crippen LogP contribution in [-0.4, -0.2) is 24.2 Å². The molecule has 3 heteroatoms. The van der Waals surface area contributed by atoms with E-state index in [1.807, 2.05) is 6.92 Å². The van der Waals surface area contributed by atoms with Crippen molar-refractivity contribution in [2.75, 3.05) is 13.2 Å². The van der Waals surface area contributed by atoms with E-state index in [4.69, 9.17) is 5.11 Å². The molecule has 1 rings (SSSR count). The monoisotopic (exact) mass is 255 g/mol. The molecule has 0 aromatic carbocycles. The lowest BCUT2D eigenvalue weighted by molar-refractivity contribution is -0.122. The summed E-state index contributed by atoms with van der Waals surface area (Å²) in [4.78, 5) is 11.8. The van der Waals surface area contributed by atoms with E-state index in [1.54, 1.807) is 0 Å². The van der Waals surface area contributed by atoms with E-state index in [1.165, 1.54) is 38.5 Å². The van der Waals surface area contributed by atoms with E-state index < -0.39 is 0 Å². The van der Waals surface area contributed by atoms with E-state index in [0.717, 1.165) is 25.8 Å². The van der Waals surface area contributed by atoms with Crippen molar-refractivity contribution in [2.45, 2.75) is 64.7 Å². The first kappa shape index (κ1) is 15.5. The molecule has 1 fully saturated rings. The van der Waals surface area contributed by atoms with Crippen molar-refractivity contribution in [3.8, 4) is 0 Å². The first-order valence-corrected chi connectivity index (χ1v) is 7.60. The number of hydrogen-bond donors (Lipinski definition) is 2. The lowest BCUT2D eigenvalue weighted by Gasteiger charge is -2.14. The highest BCUT2D eigenvalue weighted by Crippen LogP contribution is 2.25. The van der Waals surface area contributed by atoms with Crippen LogP contribution in [-0.2, 0) is 4.79 Å². The van der Waals surface area contributed by atoms with Gasteiger partial charge in [0, 0.05) is 19.6 Å². The predicted molar refractivity (Wildman–Crippen MR) is 74.3 cm³/mol. The van der Waals surface area contributed by atoms with Crippen molar-refractivity contribution >= 4 is 5.91 Å². The molecule has 0 heterocycles. The molecule has 1 amide bonds. The minimum atomic E-state index is 0.221. The van der Waals surface area contributed by atoms with Gasteiger partial charge in [-0.1, -0.05) is 32.6 Å². The molecule has 0 bridgehead atoms. The molecule has 106 valence electrons. The summed E-state index contributed by atoms with van der Waals surface area (Å²) in [6.45, 7) is 3.04. The van der Waals surface area contributed by atoms with E-state index >= 15 is 0 Å². The van der Waals surface area contributed by atoms with Gasteiger partial charge < -0.3 is 10.4 Å². The molecule has 0 saturated heterocycles. The highest BCUT2D eigenvalue weighted by atomic mass is 16.3. The molecule has 0 aromatic heterocycles. The van der Waals surface area contributed by atoms with Crippen LogP contribution in [0.4, 0.5) is 0 Å². The molecule has 1 saturated carbocycles. The average Bonchev–Trinajstić information content (AvgIpc) is 2.63. The molecular weight excluding hydrogens is 226 g/mol. The molecule has 0 spiro atoms. The zero-order valence-electron chi connectivity index (χ0n) is 11.8. The number of amides is 1. The van der Waals surface area contributed by atoms with Gasteiger partial charge in [-0.2, -0.15) is 0 Å². The summed E-state index contributed by atoms with van der Waals surface area (Å²) in [7, 11) is 0. The maximum Gasteiger partial charge on any atom is 0.220 e. The Bertz CT molecular complexity index is 223. The molecule has 18 heavy (non-hydrogen) atoms. The first-order chi connectivity index (χ1) is 8.72. The molecule has 1 atom stereocenters. The largest absolute Gasteiger partial charge is 0.396 e. The van der Waals surface area contributed by atoms with Gasteiger partial charge in [-0.15, -0.1) is 0 Å². The standard InChI is InChI=1S/C15H29NO2/c1-13(12-17)7-6-10-16-15(18)11-14-8-4-2-3-5-9-14/h13-14,17H,2-12H2,1H3,(H,16,18). The summed E-state index contributed by atoms with van der Waals surface area (Å²) in [5.41, 5.74) is 0. The number of hydrogen-bond acceptors (Lipinski definition) is 2. The minimum absolute atomic E-state index is 0.221. The molecule has 1 aliphatic carbocycles. The maximum atomic E-state index is 11.8. The normalized spacial score (nSPS) is 19.2. The van der Waals surface area contributed by atoms with Crippen LogP contribution in [0, 0.1) is 11.8 Å². The number of aliphatic hydroxyl groups is 1. The Hall–Kier alpha value is -0.570. The van der Waals surface area contributed by atoms with Gasteiger partial charge in [0.05, 0.1) is 0 Å². The Balaban J connectivity index is 2.05. The van der Waals surface area contributed by atoms with Gasteiger partial charge in [-0.3, -0.25) is 4.79 Å². The number of aliphatic hydroxyl groups excluding tert-OH is 1. The highest BCUT2D eigenvalue weighted by molar-refractivity contribution is 5.76. The second-order valence-electron chi connectivity index (χ2n) is 5.84. The van der Waals surface area contributed by atoms with Crippen LogP contribution in [0.25, 0.3) is 0 Å². The topological polar surface area (TPSA) is 49.3 Å². The third kappa shape index (κ3) is 7.00. The summed E-state index contributed by atoms with van der Waals surface area (Å²) < 4.78 is 0. The summed E-state index contributed by atoms with van der Waals surface area (Å²) in [5, 5.41) is 11.9. The summed E-state index contributed by atoms with van der Waals surface area (Å²) in [5.74, 6) is 1.19. The molecule has 2 N–H and O–H groups in total.